The minimum absolute atomic E-state index is 0.0737. The van der Waals surface area contributed by atoms with Crippen molar-refractivity contribution in [1.29, 1.82) is 0 Å². The predicted octanol–water partition coefficient (Wildman–Crippen LogP) is 3.29. The Kier molecular flexibility index (Phi) is 8.35. The van der Waals surface area contributed by atoms with Gasteiger partial charge >= 0.3 is 11.6 Å². The van der Waals surface area contributed by atoms with Gasteiger partial charge in [0, 0.05) is 30.9 Å². The highest BCUT2D eigenvalue weighted by atomic mass is 16.7. The molecule has 1 saturated heterocycles. The number of methoxy groups -OCH3 is 1. The number of aliphatic hydroxyl groups excluding tert-OH is 2. The summed E-state index contributed by atoms with van der Waals surface area (Å²) in [6, 6.07) is 3.32. The van der Waals surface area contributed by atoms with Gasteiger partial charge in [-0.2, -0.15) is 0 Å². The largest absolute Gasteiger partial charge is 0.465 e. The van der Waals surface area contributed by atoms with Gasteiger partial charge in [-0.15, -0.1) is 0 Å². The number of aliphatic hydroxyl groups is 3. The molecule has 1 aromatic heterocycles. The van der Waals surface area contributed by atoms with Crippen molar-refractivity contribution in [1.82, 2.24) is 0 Å². The van der Waals surface area contributed by atoms with Crippen LogP contribution in [-0.4, -0.2) is 77.4 Å². The molecule has 240 valence electrons. The maximum absolute atomic E-state index is 12.6. The van der Waals surface area contributed by atoms with Crippen LogP contribution in [-0.2, 0) is 23.7 Å². The van der Waals surface area contributed by atoms with Crippen molar-refractivity contribution in [3.8, 4) is 0 Å². The molecule has 4 saturated carbocycles. The third kappa shape index (κ3) is 5.00. The highest BCUT2D eigenvalue weighted by molar-refractivity contribution is 5.65. The predicted molar refractivity (Wildman–Crippen MR) is 154 cm³/mol. The Labute approximate surface area is 253 Å². The molecule has 10 heteroatoms. The normalized spacial score (nSPS) is 47.7. The van der Waals surface area contributed by atoms with Crippen LogP contribution in [0.2, 0.25) is 0 Å². The van der Waals surface area contributed by atoms with Gasteiger partial charge in [0.2, 0.25) is 0 Å². The molecule has 43 heavy (non-hydrogen) atoms. The van der Waals surface area contributed by atoms with Gasteiger partial charge in [-0.1, -0.05) is 6.92 Å². The molecule has 3 N–H and O–H groups in total. The van der Waals surface area contributed by atoms with Crippen LogP contribution in [0.25, 0.3) is 0 Å². The summed E-state index contributed by atoms with van der Waals surface area (Å²) >= 11 is 0. The fourth-order valence-corrected chi connectivity index (χ4v) is 10.3. The summed E-state index contributed by atoms with van der Waals surface area (Å²) in [5.74, 6) is 0.303. The third-order valence-electron chi connectivity index (χ3n) is 12.6. The van der Waals surface area contributed by atoms with E-state index in [1.807, 2.05) is 6.07 Å². The summed E-state index contributed by atoms with van der Waals surface area (Å²) in [5, 5.41) is 33.9. The molecule has 0 spiro atoms. The van der Waals surface area contributed by atoms with Gasteiger partial charge in [-0.05, 0) is 100 Å². The summed E-state index contributed by atoms with van der Waals surface area (Å²) in [6.07, 6.45) is 4.40. The zero-order valence-corrected chi connectivity index (χ0v) is 25.8. The lowest BCUT2D eigenvalue weighted by Crippen LogP contribution is -2.64. The molecule has 13 atom stereocenters. The molecule has 4 aliphatic carbocycles. The number of ether oxygens (including phenoxy) is 4. The number of carbonyl (C=O) groups excluding carboxylic acids is 1. The molecule has 6 rings (SSSR count). The molecule has 5 aliphatic rings. The van der Waals surface area contributed by atoms with Crippen molar-refractivity contribution in [3.63, 3.8) is 0 Å². The van der Waals surface area contributed by atoms with E-state index in [0.717, 1.165) is 50.5 Å². The first-order valence-electron chi connectivity index (χ1n) is 16.1. The number of esters is 1. The van der Waals surface area contributed by atoms with E-state index in [0.29, 0.717) is 19.4 Å². The van der Waals surface area contributed by atoms with Gasteiger partial charge in [-0.3, -0.25) is 4.79 Å². The van der Waals surface area contributed by atoms with E-state index in [2.05, 4.69) is 6.92 Å². The molecule has 0 bridgehead atoms. The van der Waals surface area contributed by atoms with E-state index in [-0.39, 0.29) is 52.2 Å². The average Bonchev–Trinajstić information content (AvgIpc) is 3.26. The Balaban J connectivity index is 1.23. The second-order valence-electron chi connectivity index (χ2n) is 14.3. The molecular weight excluding hydrogens is 556 g/mol. The molecule has 0 radical (unpaired) electrons. The maximum Gasteiger partial charge on any atom is 0.335 e. The molecule has 0 amide bonds. The maximum atomic E-state index is 12.6. The Morgan fingerprint density at radius 1 is 1.05 bits per heavy atom. The van der Waals surface area contributed by atoms with Gasteiger partial charge < -0.3 is 38.7 Å². The molecule has 10 nitrogen and oxygen atoms in total. The first-order chi connectivity index (χ1) is 20.4. The summed E-state index contributed by atoms with van der Waals surface area (Å²) in [7, 11) is 1.46. The Morgan fingerprint density at radius 2 is 1.84 bits per heavy atom. The van der Waals surface area contributed by atoms with Crippen LogP contribution in [0.5, 0.6) is 0 Å². The SMILES string of the molecule is COC1C(O)C(C)OC(OC2CCC3(COC(C)=O)C(CCC4C3CCC3(C)C(c5ccc(=O)oc5)CCC43O)C2)C1O. The van der Waals surface area contributed by atoms with E-state index in [9.17, 15) is 24.9 Å². The second-order valence-corrected chi connectivity index (χ2v) is 14.3. The Morgan fingerprint density at radius 3 is 2.53 bits per heavy atom. The van der Waals surface area contributed by atoms with Crippen molar-refractivity contribution in [2.24, 2.45) is 28.6 Å². The quantitative estimate of drug-likeness (QED) is 0.327. The fraction of sp³-hybridized carbons (Fsp3) is 0.818. The standard InChI is InChI=1S/C33H48O10/c1-18-27(36)29(39-4)28(37)30(42-18)43-22-9-13-32(17-41-19(2)34)21(15-22)6-7-25-24(32)10-12-31(3)23(11-14-33(25,31)38)20-5-8-26(35)40-16-20/h5,8,16,18,21-25,27-30,36-38H,6-7,9-15,17H2,1-4H3. The molecule has 0 aromatic carbocycles. The van der Waals surface area contributed by atoms with Gasteiger partial charge in [0.1, 0.15) is 18.3 Å². The van der Waals surface area contributed by atoms with Crippen molar-refractivity contribution in [2.75, 3.05) is 13.7 Å². The zero-order chi connectivity index (χ0) is 30.7. The molecule has 5 fully saturated rings. The fourth-order valence-electron chi connectivity index (χ4n) is 10.3. The van der Waals surface area contributed by atoms with Crippen molar-refractivity contribution >= 4 is 5.97 Å². The summed E-state index contributed by atoms with van der Waals surface area (Å²) in [6.45, 7) is 5.74. The van der Waals surface area contributed by atoms with E-state index in [1.54, 1.807) is 13.2 Å². The summed E-state index contributed by atoms with van der Waals surface area (Å²) in [4.78, 5) is 23.8. The van der Waals surface area contributed by atoms with Crippen LogP contribution in [0.1, 0.15) is 90.0 Å². The minimum atomic E-state index is -1.11. The number of hydrogen-bond donors (Lipinski definition) is 3. The van der Waals surface area contributed by atoms with Crippen LogP contribution in [0, 0.1) is 28.6 Å². The number of fused-ring (bicyclic) bond motifs is 5. The molecule has 1 aliphatic heterocycles. The molecule has 1 aromatic rings. The first kappa shape index (κ1) is 31.2. The molecular formula is C33H48O10. The number of hydrogen-bond acceptors (Lipinski definition) is 10. The van der Waals surface area contributed by atoms with E-state index < -0.39 is 36.3 Å². The van der Waals surface area contributed by atoms with Crippen LogP contribution in [0.4, 0.5) is 0 Å². The van der Waals surface area contributed by atoms with Crippen molar-refractivity contribution < 1.29 is 43.5 Å². The topological polar surface area (TPSA) is 145 Å². The highest BCUT2D eigenvalue weighted by Crippen LogP contribution is 2.70. The van der Waals surface area contributed by atoms with Crippen LogP contribution < -0.4 is 5.63 Å². The second kappa shape index (κ2) is 11.5. The van der Waals surface area contributed by atoms with E-state index >= 15 is 0 Å². The lowest BCUT2D eigenvalue weighted by atomic mass is 9.43. The van der Waals surface area contributed by atoms with Crippen molar-refractivity contribution in [2.45, 2.75) is 127 Å². The summed E-state index contributed by atoms with van der Waals surface area (Å²) < 4.78 is 28.6. The first-order valence-corrected chi connectivity index (χ1v) is 16.1. The smallest absolute Gasteiger partial charge is 0.335 e. The van der Waals surface area contributed by atoms with Gasteiger partial charge in [-0.25, -0.2) is 4.79 Å². The van der Waals surface area contributed by atoms with Gasteiger partial charge in [0.15, 0.2) is 6.29 Å². The van der Waals surface area contributed by atoms with Gasteiger partial charge in [0.05, 0.1) is 30.7 Å². The van der Waals surface area contributed by atoms with Crippen LogP contribution in [0.15, 0.2) is 27.6 Å². The van der Waals surface area contributed by atoms with Crippen LogP contribution in [0.3, 0.4) is 0 Å². The van der Waals surface area contributed by atoms with Gasteiger partial charge in [0.25, 0.3) is 0 Å². The van der Waals surface area contributed by atoms with Crippen LogP contribution >= 0.6 is 0 Å². The van der Waals surface area contributed by atoms with Crippen molar-refractivity contribution in [3.05, 3.63) is 34.4 Å². The zero-order valence-electron chi connectivity index (χ0n) is 25.8. The Bertz CT molecular complexity index is 1210. The summed E-state index contributed by atoms with van der Waals surface area (Å²) in [5.41, 5.74) is -0.885. The monoisotopic (exact) mass is 604 g/mol. The highest BCUT2D eigenvalue weighted by Gasteiger charge is 2.68. The van der Waals surface area contributed by atoms with E-state index in [4.69, 9.17) is 23.4 Å². The number of carbonyl (C=O) groups is 1. The number of rotatable bonds is 6. The Hall–Kier alpha value is -1.82. The lowest BCUT2D eigenvalue weighted by molar-refractivity contribution is -0.314. The molecule has 2 heterocycles. The average molecular weight is 605 g/mol. The third-order valence-corrected chi connectivity index (χ3v) is 12.6. The lowest BCUT2D eigenvalue weighted by Gasteiger charge is -2.64. The van der Waals surface area contributed by atoms with E-state index in [1.165, 1.54) is 20.1 Å². The minimum Gasteiger partial charge on any atom is -0.465 e. The molecule has 13 unspecified atom stereocenters.